The molecule has 0 atom stereocenters. The highest BCUT2D eigenvalue weighted by Crippen LogP contribution is 2.32. The van der Waals surface area contributed by atoms with Crippen molar-refractivity contribution in [2.45, 2.75) is 39.5 Å². The van der Waals surface area contributed by atoms with Crippen molar-refractivity contribution in [1.82, 2.24) is 9.88 Å². The van der Waals surface area contributed by atoms with E-state index in [4.69, 9.17) is 9.72 Å². The van der Waals surface area contributed by atoms with E-state index in [9.17, 15) is 4.79 Å². The number of amides is 1. The average Bonchev–Trinajstić information content (AvgIpc) is 3.05. The molecule has 0 spiro atoms. The van der Waals surface area contributed by atoms with Crippen molar-refractivity contribution in [3.8, 4) is 5.75 Å². The van der Waals surface area contributed by atoms with Crippen LogP contribution < -0.4 is 4.74 Å². The van der Waals surface area contributed by atoms with Crippen molar-refractivity contribution in [3.05, 3.63) is 57.0 Å². The van der Waals surface area contributed by atoms with Gasteiger partial charge in [-0.1, -0.05) is 0 Å². The zero-order chi connectivity index (χ0) is 19.8. The van der Waals surface area contributed by atoms with E-state index in [0.717, 1.165) is 64.8 Å². The van der Waals surface area contributed by atoms with Crippen molar-refractivity contribution < 1.29 is 9.53 Å². The molecule has 1 aromatic carbocycles. The van der Waals surface area contributed by atoms with Gasteiger partial charge in [0, 0.05) is 46.5 Å². The molecule has 1 fully saturated rings. The quantitative estimate of drug-likeness (QED) is 0.609. The normalized spacial score (nSPS) is 15.2. The second kappa shape index (κ2) is 7.55. The predicted octanol–water partition coefficient (Wildman–Crippen LogP) is 5.25. The molecule has 1 aliphatic heterocycles. The monoisotopic (exact) mass is 394 g/mol. The van der Waals surface area contributed by atoms with Crippen LogP contribution in [0.1, 0.15) is 50.8 Å². The van der Waals surface area contributed by atoms with Gasteiger partial charge in [-0.25, -0.2) is 0 Å². The van der Waals surface area contributed by atoms with Gasteiger partial charge >= 0.3 is 0 Å². The van der Waals surface area contributed by atoms with Crippen molar-refractivity contribution in [3.63, 3.8) is 0 Å². The molecule has 0 aliphatic carbocycles. The number of fused-ring (bicyclic) bond motifs is 1. The van der Waals surface area contributed by atoms with E-state index in [1.165, 1.54) is 4.88 Å². The largest absolute Gasteiger partial charge is 0.496 e. The molecule has 1 aliphatic rings. The molecule has 5 heteroatoms. The van der Waals surface area contributed by atoms with E-state index >= 15 is 0 Å². The van der Waals surface area contributed by atoms with Crippen LogP contribution in [0, 0.1) is 20.8 Å². The highest BCUT2D eigenvalue weighted by atomic mass is 32.1. The molecule has 4 nitrogen and oxygen atoms in total. The van der Waals surface area contributed by atoms with Gasteiger partial charge in [-0.15, -0.1) is 11.3 Å². The van der Waals surface area contributed by atoms with E-state index in [1.54, 1.807) is 18.4 Å². The average molecular weight is 395 g/mol. The van der Waals surface area contributed by atoms with Crippen LogP contribution in [0.5, 0.6) is 5.75 Å². The number of carbonyl (C=O) groups excluding carboxylic acids is 1. The lowest BCUT2D eigenvalue weighted by molar-refractivity contribution is 0.0712. The molecule has 0 unspecified atom stereocenters. The lowest BCUT2D eigenvalue weighted by atomic mass is 9.91. The SMILES string of the molecule is COc1cc2cc(C3CCN(C(=O)c4csc(C)c4C)CC3)ncc2cc1C. The first kappa shape index (κ1) is 18.9. The molecule has 28 heavy (non-hydrogen) atoms. The molecule has 146 valence electrons. The van der Waals surface area contributed by atoms with E-state index in [1.807, 2.05) is 23.4 Å². The molecule has 3 aromatic rings. The first-order valence-electron chi connectivity index (χ1n) is 9.76. The van der Waals surface area contributed by atoms with Gasteiger partial charge in [0.25, 0.3) is 5.91 Å². The Hall–Kier alpha value is -2.40. The molecular formula is C23H26N2O2S. The zero-order valence-corrected chi connectivity index (χ0v) is 17.7. The van der Waals surface area contributed by atoms with Gasteiger partial charge in [0.15, 0.2) is 0 Å². The number of methoxy groups -OCH3 is 1. The van der Waals surface area contributed by atoms with Gasteiger partial charge in [0.1, 0.15) is 5.75 Å². The van der Waals surface area contributed by atoms with Crippen LogP contribution in [0.3, 0.4) is 0 Å². The Bertz CT molecular complexity index is 1030. The van der Waals surface area contributed by atoms with Crippen molar-refractivity contribution in [2.24, 2.45) is 0 Å². The summed E-state index contributed by atoms with van der Waals surface area (Å²) in [5.74, 6) is 1.48. The molecular weight excluding hydrogens is 368 g/mol. The van der Waals surface area contributed by atoms with Crippen LogP contribution in [-0.2, 0) is 0 Å². The molecule has 1 amide bonds. The molecule has 2 aromatic heterocycles. The summed E-state index contributed by atoms with van der Waals surface area (Å²) < 4.78 is 5.47. The lowest BCUT2D eigenvalue weighted by Gasteiger charge is -2.32. The van der Waals surface area contributed by atoms with Crippen LogP contribution in [-0.4, -0.2) is 36.0 Å². The fourth-order valence-corrected chi connectivity index (χ4v) is 4.88. The standard InChI is InChI=1S/C23H26N2O2S/c1-14-9-19-12-24-21(10-18(19)11-22(14)27-4)17-5-7-25(8-6-17)23(26)20-13-28-16(3)15(20)2/h9-13,17H,5-8H2,1-4H3. The summed E-state index contributed by atoms with van der Waals surface area (Å²) in [6.45, 7) is 7.74. The van der Waals surface area contributed by atoms with E-state index in [-0.39, 0.29) is 5.91 Å². The summed E-state index contributed by atoms with van der Waals surface area (Å²) in [6, 6.07) is 6.40. The van der Waals surface area contributed by atoms with Crippen LogP contribution in [0.4, 0.5) is 0 Å². The number of pyridine rings is 1. The van der Waals surface area contributed by atoms with E-state index in [0.29, 0.717) is 5.92 Å². The van der Waals surface area contributed by atoms with Gasteiger partial charge in [-0.3, -0.25) is 9.78 Å². The number of likely N-dealkylation sites (tertiary alicyclic amines) is 1. The van der Waals surface area contributed by atoms with Crippen LogP contribution in [0.25, 0.3) is 10.8 Å². The number of hydrogen-bond donors (Lipinski definition) is 0. The summed E-state index contributed by atoms with van der Waals surface area (Å²) in [6.07, 6.45) is 3.87. The summed E-state index contributed by atoms with van der Waals surface area (Å²) in [5.41, 5.74) is 4.23. The number of nitrogens with zero attached hydrogens (tertiary/aromatic N) is 2. The van der Waals surface area contributed by atoms with Crippen LogP contribution in [0.2, 0.25) is 0 Å². The summed E-state index contributed by atoms with van der Waals surface area (Å²) in [7, 11) is 1.71. The smallest absolute Gasteiger partial charge is 0.254 e. The maximum atomic E-state index is 12.9. The molecule has 1 saturated heterocycles. The number of rotatable bonds is 3. The third kappa shape index (κ3) is 3.39. The number of thiophene rings is 1. The van der Waals surface area contributed by atoms with Gasteiger partial charge in [0.05, 0.1) is 12.7 Å². The third-order valence-electron chi connectivity index (χ3n) is 5.97. The maximum absolute atomic E-state index is 12.9. The Morgan fingerprint density at radius 3 is 2.54 bits per heavy atom. The summed E-state index contributed by atoms with van der Waals surface area (Å²) >= 11 is 1.66. The third-order valence-corrected chi connectivity index (χ3v) is 6.99. The summed E-state index contributed by atoms with van der Waals surface area (Å²) in [4.78, 5) is 20.8. The van der Waals surface area contributed by atoms with Crippen molar-refractivity contribution in [2.75, 3.05) is 20.2 Å². The van der Waals surface area contributed by atoms with Gasteiger partial charge in [0.2, 0.25) is 0 Å². The highest BCUT2D eigenvalue weighted by Gasteiger charge is 2.27. The minimum absolute atomic E-state index is 0.173. The van der Waals surface area contributed by atoms with E-state index in [2.05, 4.69) is 32.0 Å². The number of aryl methyl sites for hydroxylation is 2. The zero-order valence-electron chi connectivity index (χ0n) is 16.9. The van der Waals surface area contributed by atoms with Crippen LogP contribution in [0.15, 0.2) is 29.8 Å². The Balaban J connectivity index is 1.49. The van der Waals surface area contributed by atoms with Crippen molar-refractivity contribution >= 4 is 28.0 Å². The Morgan fingerprint density at radius 2 is 1.89 bits per heavy atom. The number of benzene rings is 1. The number of hydrogen-bond acceptors (Lipinski definition) is 4. The number of aromatic nitrogens is 1. The molecule has 0 saturated carbocycles. The molecule has 0 bridgehead atoms. The molecule has 0 radical (unpaired) electrons. The first-order valence-corrected chi connectivity index (χ1v) is 10.6. The lowest BCUT2D eigenvalue weighted by Crippen LogP contribution is -2.38. The molecule has 3 heterocycles. The van der Waals surface area contributed by atoms with Crippen LogP contribution >= 0.6 is 11.3 Å². The number of piperidine rings is 1. The minimum Gasteiger partial charge on any atom is -0.496 e. The Kier molecular flexibility index (Phi) is 5.11. The van der Waals surface area contributed by atoms with Gasteiger partial charge in [-0.05, 0) is 68.3 Å². The second-order valence-corrected chi connectivity index (χ2v) is 8.76. The first-order chi connectivity index (χ1) is 13.5. The fraction of sp³-hybridized carbons (Fsp3) is 0.391. The maximum Gasteiger partial charge on any atom is 0.254 e. The molecule has 0 N–H and O–H groups in total. The molecule has 4 rings (SSSR count). The minimum atomic E-state index is 0.173. The van der Waals surface area contributed by atoms with Crippen molar-refractivity contribution in [1.29, 1.82) is 0 Å². The number of ether oxygens (including phenoxy) is 1. The topological polar surface area (TPSA) is 42.4 Å². The number of carbonyl (C=O) groups is 1. The fourth-order valence-electron chi connectivity index (χ4n) is 4.02. The Labute approximate surface area is 170 Å². The van der Waals surface area contributed by atoms with Gasteiger partial charge < -0.3 is 9.64 Å². The Morgan fingerprint density at radius 1 is 1.14 bits per heavy atom. The predicted molar refractivity (Wildman–Crippen MR) is 115 cm³/mol. The highest BCUT2D eigenvalue weighted by molar-refractivity contribution is 7.10. The van der Waals surface area contributed by atoms with Gasteiger partial charge in [-0.2, -0.15) is 0 Å². The van der Waals surface area contributed by atoms with E-state index < -0.39 is 0 Å². The second-order valence-electron chi connectivity index (χ2n) is 7.68. The summed E-state index contributed by atoms with van der Waals surface area (Å²) in [5, 5.41) is 4.30.